The van der Waals surface area contributed by atoms with Crippen molar-refractivity contribution in [3.8, 4) is 0 Å². The molecule has 53 heavy (non-hydrogen) atoms. The number of hydrogen-bond donors (Lipinski definition) is 7. The van der Waals surface area contributed by atoms with Crippen molar-refractivity contribution < 1.29 is 34.8 Å². The normalized spacial score (nSPS) is 12.0. The molecule has 0 saturated heterocycles. The number of nitrogens with zero attached hydrogens (tertiary/aromatic N) is 6. The third kappa shape index (κ3) is 10.3. The van der Waals surface area contributed by atoms with Gasteiger partial charge in [-0.25, -0.2) is 19.7 Å². The summed E-state index contributed by atoms with van der Waals surface area (Å²) >= 11 is 0. The van der Waals surface area contributed by atoms with Gasteiger partial charge in [0.15, 0.2) is 0 Å². The monoisotopic (exact) mass is 731 g/mol. The zero-order chi connectivity index (χ0) is 39.5. The van der Waals surface area contributed by atoms with Crippen molar-refractivity contribution in [3.05, 3.63) is 71.3 Å². The summed E-state index contributed by atoms with van der Waals surface area (Å²) in [6.45, 7) is 11.3. The van der Waals surface area contributed by atoms with E-state index in [4.69, 9.17) is 22.3 Å². The fourth-order valence-corrected chi connectivity index (χ4v) is 5.58. The molecule has 0 aliphatic carbocycles. The van der Waals surface area contributed by atoms with Crippen LogP contribution in [-0.2, 0) is 31.0 Å². The minimum Gasteiger partial charge on any atom is -0.465 e. The standard InChI is InChI=1S/C13H17N3O3.C12H17N3O2.C12H15N3O2/c1-13(2,18)7-16-10-5-4-8(11(17)19-3)6-9(10)15-12(16)14;2*1-12(2,17)7-15-10-4-3-8(6-16)5-9(10)14-11(15)13/h4-6,18H,7H2,1-3H3,(H2,14,15);3-5,16-17H,6-7H2,1-2H3,(H2,13,14);3-6,17H,7H2,1-2H3,(H2,13,14). The molecule has 0 atom stereocenters. The highest BCUT2D eigenvalue weighted by molar-refractivity contribution is 5.94. The minimum atomic E-state index is -0.900. The first kappa shape index (κ1) is 40.2. The average molecular weight is 732 g/mol. The van der Waals surface area contributed by atoms with E-state index in [0.717, 1.165) is 33.9 Å². The minimum absolute atomic E-state index is 0.0196. The number of ether oxygens (including phenoxy) is 1. The first-order valence-electron chi connectivity index (χ1n) is 16.7. The number of fused-ring (bicyclic) bond motifs is 3. The number of aromatic nitrogens is 6. The highest BCUT2D eigenvalue weighted by Crippen LogP contribution is 2.24. The van der Waals surface area contributed by atoms with Crippen LogP contribution in [0.2, 0.25) is 0 Å². The summed E-state index contributed by atoms with van der Waals surface area (Å²) in [6, 6.07) is 15.7. The van der Waals surface area contributed by atoms with E-state index in [-0.39, 0.29) is 6.61 Å². The first-order chi connectivity index (χ1) is 24.6. The Morgan fingerprint density at radius 3 is 1.47 bits per heavy atom. The molecule has 3 heterocycles. The van der Waals surface area contributed by atoms with E-state index in [1.54, 1.807) is 97.7 Å². The van der Waals surface area contributed by atoms with Gasteiger partial charge in [-0.15, -0.1) is 0 Å². The lowest BCUT2D eigenvalue weighted by molar-refractivity contribution is 0.0597. The fourth-order valence-electron chi connectivity index (χ4n) is 5.58. The summed E-state index contributed by atoms with van der Waals surface area (Å²) in [5.74, 6) is 0.596. The smallest absolute Gasteiger partial charge is 0.337 e. The second-order valence-electron chi connectivity index (χ2n) is 14.6. The molecule has 16 heteroatoms. The number of esters is 1. The van der Waals surface area contributed by atoms with Gasteiger partial charge in [0.05, 0.1) is 88.8 Å². The third-order valence-electron chi connectivity index (χ3n) is 7.80. The topological polar surface area (TPSA) is 256 Å². The van der Waals surface area contributed by atoms with Gasteiger partial charge in [-0.3, -0.25) is 4.79 Å². The Hall–Kier alpha value is -5.55. The molecule has 0 aliphatic heterocycles. The number of carbonyl (C=O) groups is 2. The van der Waals surface area contributed by atoms with Gasteiger partial charge in [0.2, 0.25) is 17.8 Å². The molecule has 0 radical (unpaired) electrons. The Labute approximate surface area is 306 Å². The van der Waals surface area contributed by atoms with Crippen molar-refractivity contribution in [2.24, 2.45) is 0 Å². The number of nitrogen functional groups attached to an aromatic ring is 3. The Morgan fingerprint density at radius 2 is 1.08 bits per heavy atom. The lowest BCUT2D eigenvalue weighted by Crippen LogP contribution is -2.26. The van der Waals surface area contributed by atoms with Crippen LogP contribution < -0.4 is 17.2 Å². The zero-order valence-corrected chi connectivity index (χ0v) is 31.0. The van der Waals surface area contributed by atoms with Crippen molar-refractivity contribution in [2.45, 2.75) is 84.6 Å². The molecule has 6 rings (SSSR count). The molecule has 3 aromatic carbocycles. The van der Waals surface area contributed by atoms with Gasteiger partial charge in [-0.05, 0) is 95.6 Å². The number of methoxy groups -OCH3 is 1. The maximum absolute atomic E-state index is 11.4. The van der Waals surface area contributed by atoms with Crippen molar-refractivity contribution in [3.63, 3.8) is 0 Å². The van der Waals surface area contributed by atoms with Gasteiger partial charge in [0.1, 0.15) is 6.29 Å². The number of carbonyl (C=O) groups excluding carboxylic acids is 2. The van der Waals surface area contributed by atoms with Crippen molar-refractivity contribution in [1.29, 1.82) is 0 Å². The average Bonchev–Trinajstić information content (AvgIpc) is 3.66. The molecule has 3 aromatic heterocycles. The summed E-state index contributed by atoms with van der Waals surface area (Å²) in [5.41, 5.74) is 21.1. The highest BCUT2D eigenvalue weighted by Gasteiger charge is 2.20. The molecule has 6 aromatic rings. The van der Waals surface area contributed by atoms with E-state index in [0.29, 0.717) is 59.6 Å². The Morgan fingerprint density at radius 1 is 0.679 bits per heavy atom. The third-order valence-corrected chi connectivity index (χ3v) is 7.80. The second kappa shape index (κ2) is 15.6. The summed E-state index contributed by atoms with van der Waals surface area (Å²) < 4.78 is 9.89. The Bertz CT molecular complexity index is 2230. The van der Waals surface area contributed by atoms with E-state index in [2.05, 4.69) is 19.7 Å². The number of hydrogen-bond acceptors (Lipinski definition) is 13. The summed E-state index contributed by atoms with van der Waals surface area (Å²) in [7, 11) is 1.33. The summed E-state index contributed by atoms with van der Waals surface area (Å²) in [5, 5.41) is 38.6. The molecule has 10 N–H and O–H groups in total. The van der Waals surface area contributed by atoms with E-state index < -0.39 is 22.8 Å². The molecular formula is C37H49N9O7. The molecule has 0 spiro atoms. The van der Waals surface area contributed by atoms with Gasteiger partial charge in [-0.1, -0.05) is 6.07 Å². The second-order valence-corrected chi connectivity index (χ2v) is 14.6. The number of aliphatic hydroxyl groups is 4. The van der Waals surface area contributed by atoms with E-state index in [9.17, 15) is 24.9 Å². The number of aldehydes is 1. The van der Waals surface area contributed by atoms with Gasteiger partial charge in [0.25, 0.3) is 0 Å². The molecule has 0 fully saturated rings. The van der Waals surface area contributed by atoms with Gasteiger partial charge >= 0.3 is 5.97 Å². The number of aliphatic hydroxyl groups excluding tert-OH is 1. The molecule has 0 unspecified atom stereocenters. The van der Waals surface area contributed by atoms with Crippen LogP contribution in [0.4, 0.5) is 17.8 Å². The first-order valence-corrected chi connectivity index (χ1v) is 16.7. The predicted molar refractivity (Wildman–Crippen MR) is 204 cm³/mol. The highest BCUT2D eigenvalue weighted by atomic mass is 16.5. The molecular weight excluding hydrogens is 682 g/mol. The van der Waals surface area contributed by atoms with Crippen LogP contribution in [0.3, 0.4) is 0 Å². The largest absolute Gasteiger partial charge is 0.465 e. The molecule has 16 nitrogen and oxygen atoms in total. The Kier molecular flexibility index (Phi) is 11.8. The molecule has 284 valence electrons. The van der Waals surface area contributed by atoms with Crippen molar-refractivity contribution >= 4 is 63.2 Å². The molecule has 0 bridgehead atoms. The van der Waals surface area contributed by atoms with Crippen LogP contribution in [0.1, 0.15) is 67.8 Å². The lowest BCUT2D eigenvalue weighted by atomic mass is 10.1. The fraction of sp³-hybridized carbons (Fsp3) is 0.378. The maximum Gasteiger partial charge on any atom is 0.337 e. The van der Waals surface area contributed by atoms with Crippen LogP contribution in [0.25, 0.3) is 33.1 Å². The zero-order valence-electron chi connectivity index (χ0n) is 31.0. The number of rotatable bonds is 9. The maximum atomic E-state index is 11.4. The summed E-state index contributed by atoms with van der Waals surface area (Å²) in [6.07, 6.45) is 0.768. The van der Waals surface area contributed by atoms with Crippen LogP contribution in [-0.4, -0.2) is 85.2 Å². The van der Waals surface area contributed by atoms with E-state index in [1.165, 1.54) is 7.11 Å². The van der Waals surface area contributed by atoms with Crippen LogP contribution in [0.5, 0.6) is 0 Å². The number of imidazole rings is 3. The van der Waals surface area contributed by atoms with Gasteiger partial charge in [0, 0.05) is 5.56 Å². The van der Waals surface area contributed by atoms with Crippen LogP contribution in [0, 0.1) is 0 Å². The van der Waals surface area contributed by atoms with Crippen LogP contribution >= 0.6 is 0 Å². The lowest BCUT2D eigenvalue weighted by Gasteiger charge is -2.19. The summed E-state index contributed by atoms with van der Waals surface area (Å²) in [4.78, 5) is 34.7. The van der Waals surface area contributed by atoms with Gasteiger partial charge < -0.3 is 56.1 Å². The van der Waals surface area contributed by atoms with Gasteiger partial charge in [-0.2, -0.15) is 0 Å². The van der Waals surface area contributed by atoms with E-state index in [1.807, 2.05) is 12.1 Å². The molecule has 0 saturated carbocycles. The SMILES string of the molecule is CC(C)(O)Cn1c(N)nc2cc(C=O)ccc21.CC(C)(O)Cn1c(N)nc2cc(CO)ccc21.COC(=O)c1ccc2c(c1)nc(N)n2CC(C)(C)O. The molecule has 0 aliphatic rings. The predicted octanol–water partition coefficient (Wildman–Crippen LogP) is 3.26. The molecule has 0 amide bonds. The Balaban J connectivity index is 0.000000178. The number of nitrogens with two attached hydrogens (primary N) is 3. The number of benzene rings is 3. The quantitative estimate of drug-likeness (QED) is 0.0834. The number of anilines is 3. The van der Waals surface area contributed by atoms with Crippen LogP contribution in [0.15, 0.2) is 54.6 Å². The van der Waals surface area contributed by atoms with Crippen molar-refractivity contribution in [1.82, 2.24) is 28.7 Å². The van der Waals surface area contributed by atoms with E-state index >= 15 is 0 Å². The van der Waals surface area contributed by atoms with Crippen molar-refractivity contribution in [2.75, 3.05) is 24.3 Å².